The molecule has 3 N–H and O–H groups in total. The van der Waals surface area contributed by atoms with Gasteiger partial charge in [-0.2, -0.15) is 0 Å². The van der Waals surface area contributed by atoms with E-state index in [0.29, 0.717) is 25.3 Å². The maximum absolute atomic E-state index is 13.6. The van der Waals surface area contributed by atoms with Gasteiger partial charge in [-0.1, -0.05) is 12.1 Å². The lowest BCUT2D eigenvalue weighted by atomic mass is 9.91. The molecule has 2 aromatic rings. The Morgan fingerprint density at radius 1 is 1.24 bits per heavy atom. The number of benzene rings is 2. The molecule has 1 unspecified atom stereocenters. The van der Waals surface area contributed by atoms with E-state index in [1.165, 1.54) is 12.1 Å². The molecule has 0 saturated carbocycles. The summed E-state index contributed by atoms with van der Waals surface area (Å²) in [7, 11) is 0. The van der Waals surface area contributed by atoms with Gasteiger partial charge < -0.3 is 15.6 Å². The van der Waals surface area contributed by atoms with Gasteiger partial charge in [0.05, 0.1) is 6.61 Å². The van der Waals surface area contributed by atoms with Crippen LogP contribution >= 0.6 is 0 Å². The van der Waals surface area contributed by atoms with Crippen LogP contribution in [0.5, 0.6) is 11.5 Å². The Bertz CT molecular complexity index is 601. The van der Waals surface area contributed by atoms with Crippen molar-refractivity contribution in [2.24, 2.45) is 5.73 Å². The third-order valence-electron chi connectivity index (χ3n) is 3.39. The quantitative estimate of drug-likeness (QED) is 0.858. The number of ether oxygens (including phenoxy) is 1. The molecule has 0 fully saturated rings. The predicted molar refractivity (Wildman–Crippen MR) is 81.2 cm³/mol. The fraction of sp³-hybridized carbons (Fsp3) is 0.294. The van der Waals surface area contributed by atoms with E-state index in [4.69, 9.17) is 10.5 Å². The fourth-order valence-corrected chi connectivity index (χ4v) is 2.41. The van der Waals surface area contributed by atoms with Gasteiger partial charge in [0.2, 0.25) is 0 Å². The highest BCUT2D eigenvalue weighted by molar-refractivity contribution is 5.39. The summed E-state index contributed by atoms with van der Waals surface area (Å²) < 4.78 is 19.1. The Kier molecular flexibility index (Phi) is 5.17. The molecule has 0 heterocycles. The molecule has 1 atom stereocenters. The van der Waals surface area contributed by atoms with Gasteiger partial charge in [0, 0.05) is 11.5 Å². The van der Waals surface area contributed by atoms with Gasteiger partial charge in [-0.05, 0) is 55.8 Å². The number of phenols is 1. The number of aromatic hydroxyl groups is 1. The molecule has 3 nitrogen and oxygen atoms in total. The van der Waals surface area contributed by atoms with Gasteiger partial charge in [0.25, 0.3) is 0 Å². The number of hydrogen-bond acceptors (Lipinski definition) is 3. The molecule has 2 aromatic carbocycles. The Labute approximate surface area is 124 Å². The topological polar surface area (TPSA) is 55.5 Å². The summed E-state index contributed by atoms with van der Waals surface area (Å²) in [4.78, 5) is 0. The molecule has 0 aliphatic heterocycles. The minimum Gasteiger partial charge on any atom is -0.508 e. The van der Waals surface area contributed by atoms with Crippen LogP contribution in [-0.4, -0.2) is 18.3 Å². The average Bonchev–Trinajstić information content (AvgIpc) is 2.47. The van der Waals surface area contributed by atoms with Crippen LogP contribution in [0.2, 0.25) is 0 Å². The number of halogens is 1. The van der Waals surface area contributed by atoms with E-state index in [0.717, 1.165) is 11.1 Å². The predicted octanol–water partition coefficient (Wildman–Crippen LogP) is 3.22. The Morgan fingerprint density at radius 2 is 2.05 bits per heavy atom. The van der Waals surface area contributed by atoms with Crippen molar-refractivity contribution in [3.05, 3.63) is 59.4 Å². The zero-order valence-electron chi connectivity index (χ0n) is 12.1. The summed E-state index contributed by atoms with van der Waals surface area (Å²) in [6, 6.07) is 11.5. The standard InChI is InChI=1S/C17H20FNO2/c1-2-21-17-7-6-14(18)10-16(17)13(11-19)8-12-4-3-5-15(20)9-12/h3-7,9-10,13,20H,2,8,11,19H2,1H3. The highest BCUT2D eigenvalue weighted by Crippen LogP contribution is 2.30. The first-order chi connectivity index (χ1) is 10.1. The molecule has 112 valence electrons. The molecule has 0 radical (unpaired) electrons. The van der Waals surface area contributed by atoms with E-state index in [9.17, 15) is 9.50 Å². The molecule has 0 amide bonds. The first kappa shape index (κ1) is 15.3. The van der Waals surface area contributed by atoms with Gasteiger partial charge in [-0.3, -0.25) is 0 Å². The molecule has 4 heteroatoms. The lowest BCUT2D eigenvalue weighted by Crippen LogP contribution is -2.16. The van der Waals surface area contributed by atoms with Gasteiger partial charge >= 0.3 is 0 Å². The van der Waals surface area contributed by atoms with E-state index in [2.05, 4.69) is 0 Å². The number of rotatable bonds is 6. The largest absolute Gasteiger partial charge is 0.508 e. The van der Waals surface area contributed by atoms with Crippen LogP contribution in [0.15, 0.2) is 42.5 Å². The second kappa shape index (κ2) is 7.09. The molecule has 0 aromatic heterocycles. The van der Waals surface area contributed by atoms with Crippen LogP contribution in [0.4, 0.5) is 4.39 Å². The summed E-state index contributed by atoms with van der Waals surface area (Å²) in [6.07, 6.45) is 0.619. The maximum atomic E-state index is 13.6. The van der Waals surface area contributed by atoms with Crippen LogP contribution in [0.3, 0.4) is 0 Å². The zero-order valence-corrected chi connectivity index (χ0v) is 12.1. The van der Waals surface area contributed by atoms with Crippen LogP contribution in [0.25, 0.3) is 0 Å². The summed E-state index contributed by atoms with van der Waals surface area (Å²) in [5.74, 6) is 0.508. The molecule has 0 saturated heterocycles. The van der Waals surface area contributed by atoms with Crippen LogP contribution in [0.1, 0.15) is 24.0 Å². The highest BCUT2D eigenvalue weighted by atomic mass is 19.1. The SMILES string of the molecule is CCOc1ccc(F)cc1C(CN)Cc1cccc(O)c1. The van der Waals surface area contributed by atoms with Crippen molar-refractivity contribution >= 4 is 0 Å². The van der Waals surface area contributed by atoms with Crippen molar-refractivity contribution in [2.75, 3.05) is 13.2 Å². The fourth-order valence-electron chi connectivity index (χ4n) is 2.41. The Morgan fingerprint density at radius 3 is 2.71 bits per heavy atom. The lowest BCUT2D eigenvalue weighted by molar-refractivity contribution is 0.333. The minimum atomic E-state index is -0.303. The van der Waals surface area contributed by atoms with Gasteiger partial charge in [0.1, 0.15) is 17.3 Å². The van der Waals surface area contributed by atoms with E-state index >= 15 is 0 Å². The van der Waals surface area contributed by atoms with Crippen molar-refractivity contribution in [1.82, 2.24) is 0 Å². The van der Waals surface area contributed by atoms with Gasteiger partial charge in [-0.15, -0.1) is 0 Å². The van der Waals surface area contributed by atoms with Crippen LogP contribution < -0.4 is 10.5 Å². The lowest BCUT2D eigenvalue weighted by Gasteiger charge is -2.19. The molecule has 0 bridgehead atoms. The van der Waals surface area contributed by atoms with Gasteiger partial charge in [-0.25, -0.2) is 4.39 Å². The summed E-state index contributed by atoms with van der Waals surface area (Å²) in [5, 5.41) is 9.54. The number of hydrogen-bond donors (Lipinski definition) is 2. The third-order valence-corrected chi connectivity index (χ3v) is 3.39. The zero-order chi connectivity index (χ0) is 15.2. The van der Waals surface area contributed by atoms with Crippen molar-refractivity contribution < 1.29 is 14.2 Å². The van der Waals surface area contributed by atoms with Crippen molar-refractivity contribution in [2.45, 2.75) is 19.3 Å². The highest BCUT2D eigenvalue weighted by Gasteiger charge is 2.17. The minimum absolute atomic E-state index is 0.0657. The van der Waals surface area contributed by atoms with Crippen molar-refractivity contribution in [1.29, 1.82) is 0 Å². The molecule has 21 heavy (non-hydrogen) atoms. The number of nitrogens with two attached hydrogens (primary N) is 1. The summed E-state index contributed by atoms with van der Waals surface area (Å²) in [6.45, 7) is 2.78. The first-order valence-electron chi connectivity index (χ1n) is 7.04. The molecular formula is C17H20FNO2. The van der Waals surface area contributed by atoms with Crippen LogP contribution in [-0.2, 0) is 6.42 Å². The molecule has 2 rings (SSSR count). The Balaban J connectivity index is 2.30. The van der Waals surface area contributed by atoms with Crippen molar-refractivity contribution in [3.8, 4) is 11.5 Å². The molecule has 0 aliphatic carbocycles. The van der Waals surface area contributed by atoms with E-state index in [1.807, 2.05) is 13.0 Å². The van der Waals surface area contributed by atoms with E-state index < -0.39 is 0 Å². The van der Waals surface area contributed by atoms with Gasteiger partial charge in [0.15, 0.2) is 0 Å². The second-order valence-electron chi connectivity index (χ2n) is 4.92. The normalized spacial score (nSPS) is 12.1. The molecule has 0 spiro atoms. The van der Waals surface area contributed by atoms with E-state index in [1.54, 1.807) is 24.3 Å². The van der Waals surface area contributed by atoms with E-state index in [-0.39, 0.29) is 17.5 Å². The smallest absolute Gasteiger partial charge is 0.123 e. The third kappa shape index (κ3) is 3.95. The summed E-state index contributed by atoms with van der Waals surface area (Å²) >= 11 is 0. The monoisotopic (exact) mass is 289 g/mol. The first-order valence-corrected chi connectivity index (χ1v) is 7.04. The van der Waals surface area contributed by atoms with Crippen molar-refractivity contribution in [3.63, 3.8) is 0 Å². The summed E-state index contributed by atoms with van der Waals surface area (Å²) in [5.41, 5.74) is 7.59. The molecular weight excluding hydrogens is 269 g/mol. The Hall–Kier alpha value is -2.07. The maximum Gasteiger partial charge on any atom is 0.123 e. The second-order valence-corrected chi connectivity index (χ2v) is 4.92. The van der Waals surface area contributed by atoms with Crippen LogP contribution in [0, 0.1) is 5.82 Å². The average molecular weight is 289 g/mol. The number of phenolic OH excluding ortho intramolecular Hbond substituents is 1. The molecule has 0 aliphatic rings.